The van der Waals surface area contributed by atoms with Crippen LogP contribution in [0.2, 0.25) is 0 Å². The molecule has 8 heteroatoms. The first kappa shape index (κ1) is 14.2. The summed E-state index contributed by atoms with van der Waals surface area (Å²) in [6.45, 7) is 0. The third-order valence-electron chi connectivity index (χ3n) is 3.33. The summed E-state index contributed by atoms with van der Waals surface area (Å²) >= 11 is 0. The van der Waals surface area contributed by atoms with E-state index in [1.165, 1.54) is 0 Å². The van der Waals surface area contributed by atoms with E-state index in [1.807, 2.05) is 29.7 Å². The molecule has 4 N–H and O–H groups in total. The summed E-state index contributed by atoms with van der Waals surface area (Å²) in [6.07, 6.45) is 2.36. The molecule has 1 aliphatic carbocycles. The Morgan fingerprint density at radius 3 is 2.64 bits per heavy atom. The number of rotatable bonds is 5. The number of carbonyl (C=O) groups excluding carboxylic acids is 2. The van der Waals surface area contributed by atoms with Crippen molar-refractivity contribution in [2.45, 2.75) is 19.3 Å². The number of hydrazine groups is 1. The van der Waals surface area contributed by atoms with E-state index in [9.17, 15) is 9.59 Å². The molecule has 0 radical (unpaired) electrons. The lowest BCUT2D eigenvalue weighted by Gasteiger charge is -2.04. The molecule has 0 bridgehead atoms. The fraction of sp³-hybridized carbons (Fsp3) is 0.286. The third kappa shape index (κ3) is 3.29. The Bertz CT molecular complexity index is 691. The quantitative estimate of drug-likeness (QED) is 0.422. The van der Waals surface area contributed by atoms with Gasteiger partial charge in [-0.25, -0.2) is 5.84 Å². The maximum absolute atomic E-state index is 11.7. The molecule has 1 aliphatic rings. The lowest BCUT2D eigenvalue weighted by atomic mass is 10.1. The van der Waals surface area contributed by atoms with Gasteiger partial charge in [0.1, 0.15) is 0 Å². The smallest absolute Gasteiger partial charge is 0.323 e. The molecule has 0 unspecified atom stereocenters. The zero-order valence-electron chi connectivity index (χ0n) is 11.7. The highest BCUT2D eigenvalue weighted by molar-refractivity contribution is 5.94. The lowest BCUT2D eigenvalue weighted by molar-refractivity contribution is -0.117. The summed E-state index contributed by atoms with van der Waals surface area (Å²) < 4.78 is 4.79. The fourth-order valence-corrected chi connectivity index (χ4v) is 1.96. The Labute approximate surface area is 126 Å². The molecule has 8 nitrogen and oxygen atoms in total. The minimum atomic E-state index is -0.628. The van der Waals surface area contributed by atoms with E-state index < -0.39 is 5.91 Å². The van der Waals surface area contributed by atoms with Gasteiger partial charge in [0, 0.05) is 18.0 Å². The summed E-state index contributed by atoms with van der Waals surface area (Å²) in [6, 6.07) is 7.37. The number of nitrogens with one attached hydrogen (secondary N) is 2. The second-order valence-electron chi connectivity index (χ2n) is 5.13. The van der Waals surface area contributed by atoms with Crippen LogP contribution in [0, 0.1) is 5.92 Å². The van der Waals surface area contributed by atoms with Gasteiger partial charge < -0.3 is 9.84 Å². The van der Waals surface area contributed by atoms with Gasteiger partial charge in [-0.05, 0) is 30.5 Å². The van der Waals surface area contributed by atoms with E-state index in [0.717, 1.165) is 24.1 Å². The van der Waals surface area contributed by atoms with Crippen molar-refractivity contribution in [2.24, 2.45) is 11.8 Å². The number of nitrogen functional groups attached to an aromatic ring is 1. The molecule has 0 atom stereocenters. The van der Waals surface area contributed by atoms with Crippen LogP contribution in [0.5, 0.6) is 0 Å². The van der Waals surface area contributed by atoms with Crippen LogP contribution in [0.25, 0.3) is 0 Å². The minimum Gasteiger partial charge on any atom is -0.328 e. The standard InChI is InChI=1S/C14H15N5O3/c15-18-13(21)14-17-11(19-22-14)7-8-1-5-10(6-2-8)16-12(20)9-3-4-9/h1-2,5-6,9H,3-4,7,15H2,(H,16,20)(H,18,21). The van der Waals surface area contributed by atoms with Gasteiger partial charge in [0.25, 0.3) is 0 Å². The molecule has 2 amide bonds. The summed E-state index contributed by atoms with van der Waals surface area (Å²) in [4.78, 5) is 26.8. The predicted molar refractivity (Wildman–Crippen MR) is 76.6 cm³/mol. The molecule has 22 heavy (non-hydrogen) atoms. The Morgan fingerprint density at radius 2 is 2.00 bits per heavy atom. The van der Waals surface area contributed by atoms with E-state index in [4.69, 9.17) is 10.4 Å². The average molecular weight is 301 g/mol. The summed E-state index contributed by atoms with van der Waals surface area (Å²) in [7, 11) is 0. The molecule has 114 valence electrons. The molecular formula is C14H15N5O3. The number of benzene rings is 1. The fourth-order valence-electron chi connectivity index (χ4n) is 1.96. The number of hydrogen-bond acceptors (Lipinski definition) is 6. The van der Waals surface area contributed by atoms with Crippen molar-refractivity contribution in [3.05, 3.63) is 41.5 Å². The van der Waals surface area contributed by atoms with Crippen molar-refractivity contribution in [3.63, 3.8) is 0 Å². The highest BCUT2D eigenvalue weighted by Crippen LogP contribution is 2.30. The normalized spacial score (nSPS) is 13.7. The van der Waals surface area contributed by atoms with Gasteiger partial charge in [-0.2, -0.15) is 4.98 Å². The highest BCUT2D eigenvalue weighted by atomic mass is 16.5. The molecule has 1 saturated carbocycles. The molecule has 1 heterocycles. The maximum atomic E-state index is 11.7. The van der Waals surface area contributed by atoms with Crippen molar-refractivity contribution in [1.82, 2.24) is 15.6 Å². The van der Waals surface area contributed by atoms with E-state index in [2.05, 4.69) is 15.5 Å². The van der Waals surface area contributed by atoms with Gasteiger partial charge >= 0.3 is 11.8 Å². The van der Waals surface area contributed by atoms with E-state index in [1.54, 1.807) is 0 Å². The molecule has 0 saturated heterocycles. The summed E-state index contributed by atoms with van der Waals surface area (Å²) in [5.74, 6) is 4.81. The van der Waals surface area contributed by atoms with Crippen molar-refractivity contribution >= 4 is 17.5 Å². The number of carbonyl (C=O) groups is 2. The van der Waals surface area contributed by atoms with Crippen LogP contribution in [0.4, 0.5) is 5.69 Å². The zero-order chi connectivity index (χ0) is 15.5. The van der Waals surface area contributed by atoms with Crippen molar-refractivity contribution in [3.8, 4) is 0 Å². The number of nitrogens with zero attached hydrogens (tertiary/aromatic N) is 2. The van der Waals surface area contributed by atoms with E-state index in [0.29, 0.717) is 12.2 Å². The van der Waals surface area contributed by atoms with Crippen LogP contribution >= 0.6 is 0 Å². The maximum Gasteiger partial charge on any atom is 0.323 e. The molecule has 1 aromatic heterocycles. The second-order valence-corrected chi connectivity index (χ2v) is 5.13. The average Bonchev–Trinajstić information content (AvgIpc) is 3.29. The molecular weight excluding hydrogens is 286 g/mol. The Balaban J connectivity index is 1.61. The molecule has 1 fully saturated rings. The number of nitrogens with two attached hydrogens (primary N) is 1. The van der Waals surface area contributed by atoms with Gasteiger partial charge in [0.2, 0.25) is 5.91 Å². The van der Waals surface area contributed by atoms with Crippen LogP contribution in [0.3, 0.4) is 0 Å². The minimum absolute atomic E-state index is 0.0726. The van der Waals surface area contributed by atoms with Crippen LogP contribution < -0.4 is 16.6 Å². The van der Waals surface area contributed by atoms with Crippen LogP contribution in [0.15, 0.2) is 28.8 Å². The van der Waals surface area contributed by atoms with Crippen LogP contribution in [-0.4, -0.2) is 22.0 Å². The zero-order valence-corrected chi connectivity index (χ0v) is 11.7. The van der Waals surface area contributed by atoms with Gasteiger partial charge in [-0.3, -0.25) is 15.0 Å². The molecule has 1 aromatic carbocycles. The SMILES string of the molecule is NNC(=O)c1nc(Cc2ccc(NC(=O)C3CC3)cc2)no1. The second kappa shape index (κ2) is 5.94. The number of anilines is 1. The van der Waals surface area contributed by atoms with E-state index in [-0.39, 0.29) is 17.7 Å². The topological polar surface area (TPSA) is 123 Å². The van der Waals surface area contributed by atoms with Crippen molar-refractivity contribution < 1.29 is 14.1 Å². The van der Waals surface area contributed by atoms with Crippen molar-refractivity contribution in [1.29, 1.82) is 0 Å². The Morgan fingerprint density at radius 1 is 1.27 bits per heavy atom. The number of hydrogen-bond donors (Lipinski definition) is 3. The van der Waals surface area contributed by atoms with Gasteiger partial charge in [0.05, 0.1) is 0 Å². The van der Waals surface area contributed by atoms with Crippen LogP contribution in [-0.2, 0) is 11.2 Å². The Kier molecular flexibility index (Phi) is 3.84. The van der Waals surface area contributed by atoms with E-state index >= 15 is 0 Å². The molecule has 3 rings (SSSR count). The summed E-state index contributed by atoms with van der Waals surface area (Å²) in [5.41, 5.74) is 3.62. The lowest BCUT2D eigenvalue weighted by Crippen LogP contribution is -2.30. The molecule has 0 spiro atoms. The first-order valence-corrected chi connectivity index (χ1v) is 6.89. The first-order chi connectivity index (χ1) is 10.7. The van der Waals surface area contributed by atoms with Gasteiger partial charge in [-0.15, -0.1) is 0 Å². The number of amides is 2. The highest BCUT2D eigenvalue weighted by Gasteiger charge is 2.29. The van der Waals surface area contributed by atoms with Crippen LogP contribution in [0.1, 0.15) is 34.9 Å². The molecule has 0 aliphatic heterocycles. The van der Waals surface area contributed by atoms with Gasteiger partial charge in [0.15, 0.2) is 5.82 Å². The van der Waals surface area contributed by atoms with Crippen molar-refractivity contribution in [2.75, 3.05) is 5.32 Å². The summed E-state index contributed by atoms with van der Waals surface area (Å²) in [5, 5.41) is 6.58. The monoisotopic (exact) mass is 301 g/mol. The third-order valence-corrected chi connectivity index (χ3v) is 3.33. The molecule has 2 aromatic rings. The van der Waals surface area contributed by atoms with Gasteiger partial charge in [-0.1, -0.05) is 17.3 Å². The number of aromatic nitrogens is 2. The predicted octanol–water partition coefficient (Wildman–Crippen LogP) is 0.612. The first-order valence-electron chi connectivity index (χ1n) is 6.89. The largest absolute Gasteiger partial charge is 0.328 e. The Hall–Kier alpha value is -2.74.